The minimum absolute atomic E-state index is 0.249. The van der Waals surface area contributed by atoms with Gasteiger partial charge in [0.2, 0.25) is 0 Å². The molecule has 2 aromatic carbocycles. The number of H-pyrrole nitrogens is 1. The molecule has 3 aromatic rings. The predicted octanol–water partition coefficient (Wildman–Crippen LogP) is 3.07. The Kier molecular flexibility index (Phi) is 2.91. The largest absolute Gasteiger partial charge is 0.399 e. The van der Waals surface area contributed by atoms with Gasteiger partial charge in [0.1, 0.15) is 11.6 Å². The number of rotatable bonds is 3. The molecule has 1 heterocycles. The summed E-state index contributed by atoms with van der Waals surface area (Å²) in [5.74, 6) is 0.624. The summed E-state index contributed by atoms with van der Waals surface area (Å²) in [5, 5.41) is 0. The molecular formula is C15H14FN3. The predicted molar refractivity (Wildman–Crippen MR) is 74.3 cm³/mol. The summed E-state index contributed by atoms with van der Waals surface area (Å²) in [6.45, 7) is 0. The summed E-state index contributed by atoms with van der Waals surface area (Å²) >= 11 is 0. The number of nitrogens with zero attached hydrogens (tertiary/aromatic N) is 1. The Morgan fingerprint density at radius 3 is 2.63 bits per heavy atom. The molecule has 0 saturated heterocycles. The van der Waals surface area contributed by atoms with E-state index in [0.29, 0.717) is 0 Å². The van der Waals surface area contributed by atoms with Gasteiger partial charge in [0.05, 0.1) is 11.0 Å². The number of anilines is 1. The second kappa shape index (κ2) is 4.72. The summed E-state index contributed by atoms with van der Waals surface area (Å²) in [4.78, 5) is 7.58. The molecule has 1 aromatic heterocycles. The second-order valence-electron chi connectivity index (χ2n) is 4.59. The van der Waals surface area contributed by atoms with Gasteiger partial charge in [-0.25, -0.2) is 9.37 Å². The lowest BCUT2D eigenvalue weighted by atomic mass is 10.1. The van der Waals surface area contributed by atoms with E-state index in [-0.39, 0.29) is 5.82 Å². The lowest BCUT2D eigenvalue weighted by molar-refractivity contribution is 0.629. The molecule has 0 aliphatic rings. The van der Waals surface area contributed by atoms with Gasteiger partial charge in [-0.2, -0.15) is 0 Å². The highest BCUT2D eigenvalue weighted by molar-refractivity contribution is 5.74. The number of nitrogens with two attached hydrogens (primary N) is 1. The zero-order chi connectivity index (χ0) is 13.2. The molecule has 0 bridgehead atoms. The number of hydrogen-bond acceptors (Lipinski definition) is 2. The number of aromatic amines is 1. The minimum Gasteiger partial charge on any atom is -0.399 e. The van der Waals surface area contributed by atoms with Crippen molar-refractivity contribution in [3.05, 3.63) is 59.7 Å². The van der Waals surface area contributed by atoms with Crippen LogP contribution in [-0.4, -0.2) is 9.97 Å². The van der Waals surface area contributed by atoms with Crippen LogP contribution in [0.25, 0.3) is 11.0 Å². The van der Waals surface area contributed by atoms with E-state index in [1.54, 1.807) is 6.07 Å². The molecule has 0 aliphatic carbocycles. The summed E-state index contributed by atoms with van der Waals surface area (Å²) in [6, 6.07) is 12.4. The quantitative estimate of drug-likeness (QED) is 0.707. The van der Waals surface area contributed by atoms with E-state index in [0.717, 1.165) is 35.4 Å². The van der Waals surface area contributed by atoms with E-state index in [4.69, 9.17) is 5.73 Å². The van der Waals surface area contributed by atoms with Gasteiger partial charge in [-0.3, -0.25) is 0 Å². The van der Waals surface area contributed by atoms with Gasteiger partial charge in [0.15, 0.2) is 0 Å². The third kappa shape index (κ3) is 2.57. The normalized spacial score (nSPS) is 11.0. The molecule has 0 atom stereocenters. The Labute approximate surface area is 110 Å². The number of imidazole rings is 1. The summed E-state index contributed by atoms with van der Waals surface area (Å²) in [6.07, 6.45) is 1.67. The van der Waals surface area contributed by atoms with Crippen molar-refractivity contribution in [2.75, 3.05) is 5.73 Å². The highest BCUT2D eigenvalue weighted by Crippen LogP contribution is 2.14. The number of nitrogens with one attached hydrogen (secondary N) is 1. The summed E-state index contributed by atoms with van der Waals surface area (Å²) < 4.78 is 13.1. The lowest BCUT2D eigenvalue weighted by Gasteiger charge is -1.99. The molecule has 4 heteroatoms. The van der Waals surface area contributed by atoms with E-state index in [1.807, 2.05) is 24.3 Å². The van der Waals surface area contributed by atoms with Crippen LogP contribution in [0.3, 0.4) is 0 Å². The van der Waals surface area contributed by atoms with Crippen LogP contribution in [0.5, 0.6) is 0 Å². The van der Waals surface area contributed by atoms with Crippen molar-refractivity contribution >= 4 is 16.7 Å². The third-order valence-corrected chi connectivity index (χ3v) is 3.12. The number of aromatic nitrogens is 2. The first-order valence-corrected chi connectivity index (χ1v) is 6.19. The topological polar surface area (TPSA) is 54.7 Å². The van der Waals surface area contributed by atoms with E-state index >= 15 is 0 Å². The van der Waals surface area contributed by atoms with Gasteiger partial charge in [-0.15, -0.1) is 0 Å². The molecule has 0 radical (unpaired) electrons. The first-order valence-electron chi connectivity index (χ1n) is 6.19. The van der Waals surface area contributed by atoms with Gasteiger partial charge in [0, 0.05) is 12.1 Å². The number of nitrogen functional groups attached to an aromatic ring is 1. The molecule has 0 aliphatic heterocycles. The standard InChI is InChI=1S/C15H14FN3/c16-11-4-7-13-14(9-11)19-15(18-13)8-3-10-1-5-12(17)6-2-10/h1-2,4-7,9H,3,8,17H2,(H,18,19). The van der Waals surface area contributed by atoms with Crippen LogP contribution in [0, 0.1) is 5.82 Å². The van der Waals surface area contributed by atoms with Crippen molar-refractivity contribution in [1.82, 2.24) is 9.97 Å². The minimum atomic E-state index is -0.249. The number of halogens is 1. The van der Waals surface area contributed by atoms with Crippen LogP contribution in [0.15, 0.2) is 42.5 Å². The highest BCUT2D eigenvalue weighted by Gasteiger charge is 2.04. The van der Waals surface area contributed by atoms with Crippen molar-refractivity contribution in [2.24, 2.45) is 0 Å². The molecule has 0 saturated carbocycles. The number of benzene rings is 2. The van der Waals surface area contributed by atoms with Crippen molar-refractivity contribution < 1.29 is 4.39 Å². The average molecular weight is 255 g/mol. The summed E-state index contributed by atoms with van der Waals surface area (Å²) in [5.41, 5.74) is 9.16. The monoisotopic (exact) mass is 255 g/mol. The molecule has 3 rings (SSSR count). The van der Waals surface area contributed by atoms with Crippen LogP contribution in [0.4, 0.5) is 10.1 Å². The average Bonchev–Trinajstić information content (AvgIpc) is 2.80. The Bertz CT molecular complexity index is 701. The van der Waals surface area contributed by atoms with Gasteiger partial charge < -0.3 is 10.7 Å². The fraction of sp³-hybridized carbons (Fsp3) is 0.133. The van der Waals surface area contributed by atoms with Crippen LogP contribution in [-0.2, 0) is 12.8 Å². The first-order chi connectivity index (χ1) is 9.20. The Balaban J connectivity index is 1.76. The molecule has 3 N–H and O–H groups in total. The second-order valence-corrected chi connectivity index (χ2v) is 4.59. The van der Waals surface area contributed by atoms with Crippen molar-refractivity contribution in [2.45, 2.75) is 12.8 Å². The molecule has 19 heavy (non-hydrogen) atoms. The molecule has 0 unspecified atom stereocenters. The maximum absolute atomic E-state index is 13.1. The number of fused-ring (bicyclic) bond motifs is 1. The fourth-order valence-electron chi connectivity index (χ4n) is 2.10. The maximum Gasteiger partial charge on any atom is 0.125 e. The Morgan fingerprint density at radius 1 is 1.05 bits per heavy atom. The number of hydrogen-bond donors (Lipinski definition) is 2. The van der Waals surface area contributed by atoms with Gasteiger partial charge in [-0.1, -0.05) is 12.1 Å². The molecule has 3 nitrogen and oxygen atoms in total. The lowest BCUT2D eigenvalue weighted by Crippen LogP contribution is -1.94. The highest BCUT2D eigenvalue weighted by atomic mass is 19.1. The molecule has 0 amide bonds. The SMILES string of the molecule is Nc1ccc(CCc2nc3ccc(F)cc3[nH]2)cc1. The maximum atomic E-state index is 13.1. The fourth-order valence-corrected chi connectivity index (χ4v) is 2.10. The summed E-state index contributed by atoms with van der Waals surface area (Å²) in [7, 11) is 0. The van der Waals surface area contributed by atoms with Crippen LogP contribution in [0.1, 0.15) is 11.4 Å². The third-order valence-electron chi connectivity index (χ3n) is 3.12. The van der Waals surface area contributed by atoms with Gasteiger partial charge >= 0.3 is 0 Å². The van der Waals surface area contributed by atoms with E-state index in [2.05, 4.69) is 9.97 Å². The molecule has 0 spiro atoms. The van der Waals surface area contributed by atoms with Crippen LogP contribution < -0.4 is 5.73 Å². The van der Waals surface area contributed by atoms with E-state index < -0.39 is 0 Å². The van der Waals surface area contributed by atoms with E-state index in [1.165, 1.54) is 17.7 Å². The van der Waals surface area contributed by atoms with E-state index in [9.17, 15) is 4.39 Å². The van der Waals surface area contributed by atoms with Gasteiger partial charge in [-0.05, 0) is 42.3 Å². The zero-order valence-electron chi connectivity index (χ0n) is 10.4. The van der Waals surface area contributed by atoms with Crippen LogP contribution >= 0.6 is 0 Å². The smallest absolute Gasteiger partial charge is 0.125 e. The number of aryl methyl sites for hydroxylation is 2. The van der Waals surface area contributed by atoms with Crippen molar-refractivity contribution in [3.63, 3.8) is 0 Å². The Morgan fingerprint density at radius 2 is 1.84 bits per heavy atom. The van der Waals surface area contributed by atoms with Gasteiger partial charge in [0.25, 0.3) is 0 Å². The van der Waals surface area contributed by atoms with Crippen molar-refractivity contribution in [3.8, 4) is 0 Å². The zero-order valence-corrected chi connectivity index (χ0v) is 10.4. The first kappa shape index (κ1) is 11.7. The molecular weight excluding hydrogens is 241 g/mol. The molecule has 96 valence electrons. The Hall–Kier alpha value is -2.36. The van der Waals surface area contributed by atoms with Crippen molar-refractivity contribution in [1.29, 1.82) is 0 Å². The molecule has 0 fully saturated rings. The van der Waals surface area contributed by atoms with Crippen LogP contribution in [0.2, 0.25) is 0 Å².